The maximum atomic E-state index is 6.47. The van der Waals surface area contributed by atoms with Crippen LogP contribution in [0.3, 0.4) is 0 Å². The van der Waals surface area contributed by atoms with Crippen LogP contribution in [0.4, 0.5) is 0 Å². The first kappa shape index (κ1) is 12.1. The molecule has 2 aliphatic heterocycles. The number of hydrogen-bond donors (Lipinski definition) is 1. The van der Waals surface area contributed by atoms with Gasteiger partial charge in [0.2, 0.25) is 6.79 Å². The zero-order valence-electron chi connectivity index (χ0n) is 10.8. The average Bonchev–Trinajstić information content (AvgIpc) is 2.95. The molecule has 0 bridgehead atoms. The summed E-state index contributed by atoms with van der Waals surface area (Å²) in [5.74, 6) is 2.56. The summed E-state index contributed by atoms with van der Waals surface area (Å²) >= 11 is 6.47. The third-order valence-corrected chi connectivity index (χ3v) is 4.05. The molecule has 1 saturated heterocycles. The van der Waals surface area contributed by atoms with Crippen molar-refractivity contribution in [3.63, 3.8) is 0 Å². The second-order valence-corrected chi connectivity index (χ2v) is 5.67. The minimum atomic E-state index is 0.303. The van der Waals surface area contributed by atoms with E-state index in [0.29, 0.717) is 18.6 Å². The van der Waals surface area contributed by atoms with E-state index in [1.807, 2.05) is 6.07 Å². The summed E-state index contributed by atoms with van der Waals surface area (Å²) in [6, 6.07) is 1.91. The van der Waals surface area contributed by atoms with Crippen LogP contribution in [0.15, 0.2) is 6.07 Å². The van der Waals surface area contributed by atoms with Crippen LogP contribution in [0.25, 0.3) is 0 Å². The van der Waals surface area contributed by atoms with Crippen LogP contribution < -0.4 is 14.8 Å². The van der Waals surface area contributed by atoms with Gasteiger partial charge in [0.25, 0.3) is 0 Å². The molecule has 0 amide bonds. The van der Waals surface area contributed by atoms with E-state index in [-0.39, 0.29) is 0 Å². The van der Waals surface area contributed by atoms with Gasteiger partial charge in [-0.2, -0.15) is 0 Å². The third kappa shape index (κ3) is 1.86. The molecule has 1 atom stereocenters. The molecular formula is C14H18ClNO2. The normalized spacial score (nSPS) is 21.9. The minimum Gasteiger partial charge on any atom is -0.454 e. The van der Waals surface area contributed by atoms with Gasteiger partial charge in [-0.25, -0.2) is 0 Å². The molecular weight excluding hydrogens is 250 g/mol. The van der Waals surface area contributed by atoms with Crippen molar-refractivity contribution < 1.29 is 9.47 Å². The fraction of sp³-hybridized carbons (Fsp3) is 0.571. The quantitative estimate of drug-likeness (QED) is 0.892. The Morgan fingerprint density at radius 2 is 2.22 bits per heavy atom. The first-order valence-electron chi connectivity index (χ1n) is 6.51. The van der Waals surface area contributed by atoms with Gasteiger partial charge >= 0.3 is 0 Å². The first-order chi connectivity index (χ1) is 8.68. The predicted octanol–water partition coefficient (Wildman–Crippen LogP) is 3.27. The van der Waals surface area contributed by atoms with Crippen LogP contribution in [0.1, 0.15) is 43.2 Å². The van der Waals surface area contributed by atoms with Gasteiger partial charge in [0.05, 0.1) is 0 Å². The number of benzene rings is 1. The SMILES string of the molecule is CC(C)c1c2c(cc(Cl)c1C1CCNC1)OCO2. The Morgan fingerprint density at radius 3 is 2.89 bits per heavy atom. The Morgan fingerprint density at radius 1 is 1.39 bits per heavy atom. The van der Waals surface area contributed by atoms with Gasteiger partial charge in [0.15, 0.2) is 11.5 Å². The first-order valence-corrected chi connectivity index (χ1v) is 6.89. The van der Waals surface area contributed by atoms with E-state index in [9.17, 15) is 0 Å². The highest BCUT2D eigenvalue weighted by Crippen LogP contribution is 2.47. The summed E-state index contributed by atoms with van der Waals surface area (Å²) in [4.78, 5) is 0. The Hall–Kier alpha value is -0.930. The number of rotatable bonds is 2. The molecule has 1 fully saturated rings. The molecule has 1 aromatic carbocycles. The van der Waals surface area contributed by atoms with E-state index in [4.69, 9.17) is 21.1 Å². The van der Waals surface area contributed by atoms with Gasteiger partial charge in [0.1, 0.15) is 0 Å². The monoisotopic (exact) mass is 267 g/mol. The molecule has 3 nitrogen and oxygen atoms in total. The fourth-order valence-corrected chi connectivity index (χ4v) is 3.29. The van der Waals surface area contributed by atoms with Crippen LogP contribution in [-0.4, -0.2) is 19.9 Å². The standard InChI is InChI=1S/C14H18ClNO2/c1-8(2)12-13(9-3-4-16-6-9)10(15)5-11-14(12)18-7-17-11/h5,8-9,16H,3-4,6-7H2,1-2H3. The lowest BCUT2D eigenvalue weighted by molar-refractivity contribution is 0.173. The van der Waals surface area contributed by atoms with Crippen LogP contribution in [-0.2, 0) is 0 Å². The van der Waals surface area contributed by atoms with Crippen LogP contribution >= 0.6 is 11.6 Å². The van der Waals surface area contributed by atoms with E-state index in [2.05, 4.69) is 19.2 Å². The van der Waals surface area contributed by atoms with Crippen molar-refractivity contribution in [3.05, 3.63) is 22.2 Å². The molecule has 1 unspecified atom stereocenters. The van der Waals surface area contributed by atoms with Crippen molar-refractivity contribution in [2.24, 2.45) is 0 Å². The maximum absolute atomic E-state index is 6.47. The highest BCUT2D eigenvalue weighted by atomic mass is 35.5. The molecule has 4 heteroatoms. The predicted molar refractivity (Wildman–Crippen MR) is 71.9 cm³/mol. The van der Waals surface area contributed by atoms with Crippen molar-refractivity contribution in [1.82, 2.24) is 5.32 Å². The number of ether oxygens (including phenoxy) is 2. The summed E-state index contributed by atoms with van der Waals surface area (Å²) in [5.41, 5.74) is 2.48. The minimum absolute atomic E-state index is 0.303. The molecule has 1 aromatic rings. The van der Waals surface area contributed by atoms with E-state index < -0.39 is 0 Å². The molecule has 0 spiro atoms. The number of fused-ring (bicyclic) bond motifs is 1. The van der Waals surface area contributed by atoms with Gasteiger partial charge in [0, 0.05) is 23.2 Å². The molecule has 0 aliphatic carbocycles. The summed E-state index contributed by atoms with van der Waals surface area (Å²) < 4.78 is 11.1. The van der Waals surface area contributed by atoms with E-state index >= 15 is 0 Å². The van der Waals surface area contributed by atoms with Crippen molar-refractivity contribution in [3.8, 4) is 11.5 Å². The lowest BCUT2D eigenvalue weighted by atomic mass is 9.87. The van der Waals surface area contributed by atoms with Crippen molar-refractivity contribution in [1.29, 1.82) is 0 Å². The highest BCUT2D eigenvalue weighted by molar-refractivity contribution is 6.31. The summed E-state index contributed by atoms with van der Waals surface area (Å²) in [5, 5.41) is 4.22. The molecule has 18 heavy (non-hydrogen) atoms. The lowest BCUT2D eigenvalue weighted by Crippen LogP contribution is -2.11. The smallest absolute Gasteiger partial charge is 0.231 e. The van der Waals surface area contributed by atoms with Crippen LogP contribution in [0.5, 0.6) is 11.5 Å². The highest BCUT2D eigenvalue weighted by Gasteiger charge is 2.30. The maximum Gasteiger partial charge on any atom is 0.231 e. The zero-order chi connectivity index (χ0) is 12.7. The second kappa shape index (κ2) is 4.63. The van der Waals surface area contributed by atoms with Crippen LogP contribution in [0, 0.1) is 0 Å². The topological polar surface area (TPSA) is 30.5 Å². The van der Waals surface area contributed by atoms with Gasteiger partial charge < -0.3 is 14.8 Å². The zero-order valence-corrected chi connectivity index (χ0v) is 11.5. The molecule has 2 aliphatic rings. The van der Waals surface area contributed by atoms with Crippen LogP contribution in [0.2, 0.25) is 5.02 Å². The second-order valence-electron chi connectivity index (χ2n) is 5.26. The Labute approximate surface area is 112 Å². The summed E-state index contributed by atoms with van der Waals surface area (Å²) in [6.07, 6.45) is 1.14. The van der Waals surface area contributed by atoms with E-state index in [1.54, 1.807) is 0 Å². The molecule has 0 aromatic heterocycles. The largest absolute Gasteiger partial charge is 0.454 e. The Balaban J connectivity index is 2.16. The van der Waals surface area contributed by atoms with Gasteiger partial charge in [-0.05, 0) is 30.4 Å². The Kier molecular flexibility index (Phi) is 3.12. The summed E-state index contributed by atoms with van der Waals surface area (Å²) in [7, 11) is 0. The average molecular weight is 268 g/mol. The van der Waals surface area contributed by atoms with Crippen molar-refractivity contribution >= 4 is 11.6 Å². The van der Waals surface area contributed by atoms with E-state index in [1.165, 1.54) is 11.1 Å². The molecule has 2 heterocycles. The number of halogens is 1. The Bertz CT molecular complexity index is 467. The van der Waals surface area contributed by atoms with E-state index in [0.717, 1.165) is 36.0 Å². The van der Waals surface area contributed by atoms with Gasteiger partial charge in [-0.3, -0.25) is 0 Å². The number of nitrogens with one attached hydrogen (secondary N) is 1. The molecule has 1 N–H and O–H groups in total. The molecule has 0 radical (unpaired) electrons. The van der Waals surface area contributed by atoms with Gasteiger partial charge in [-0.1, -0.05) is 25.4 Å². The van der Waals surface area contributed by atoms with Crippen molar-refractivity contribution in [2.75, 3.05) is 19.9 Å². The fourth-order valence-electron chi connectivity index (χ4n) is 2.94. The number of hydrogen-bond acceptors (Lipinski definition) is 3. The molecule has 98 valence electrons. The summed E-state index contributed by atoms with van der Waals surface area (Å²) in [6.45, 7) is 6.73. The third-order valence-electron chi connectivity index (χ3n) is 3.74. The molecule has 0 saturated carbocycles. The molecule has 3 rings (SSSR count). The van der Waals surface area contributed by atoms with Gasteiger partial charge in [-0.15, -0.1) is 0 Å². The van der Waals surface area contributed by atoms with Crippen molar-refractivity contribution in [2.45, 2.75) is 32.1 Å². The lowest BCUT2D eigenvalue weighted by Gasteiger charge is -2.21.